The Morgan fingerprint density at radius 3 is 0.701 bits per heavy atom. The smallest absolute Gasteiger partial charge is 0.462 e. The van der Waals surface area contributed by atoms with E-state index in [1.54, 1.807) is 0 Å². The summed E-state index contributed by atoms with van der Waals surface area (Å²) in [6, 6.07) is 0. The molecule has 0 saturated heterocycles. The first kappa shape index (κ1) is 95.1. The molecule has 0 aliphatic carbocycles. The minimum absolute atomic E-state index is 0.108. The number of ether oxygens (including phenoxy) is 4. The third kappa shape index (κ3) is 72.2. The summed E-state index contributed by atoms with van der Waals surface area (Å²) in [5, 5.41) is 10.6. The number of phosphoric ester groups is 2. The van der Waals surface area contributed by atoms with Gasteiger partial charge >= 0.3 is 39.5 Å². The summed E-state index contributed by atoms with van der Waals surface area (Å²) >= 11 is 0. The van der Waals surface area contributed by atoms with Gasteiger partial charge in [-0.2, -0.15) is 0 Å². The molecule has 0 aliphatic rings. The van der Waals surface area contributed by atoms with E-state index in [2.05, 4.69) is 41.5 Å². The molecule has 0 radical (unpaired) electrons. The highest BCUT2D eigenvalue weighted by Gasteiger charge is 2.30. The van der Waals surface area contributed by atoms with Crippen molar-refractivity contribution in [2.75, 3.05) is 39.6 Å². The molecule has 0 rings (SSSR count). The molecule has 19 heteroatoms. The third-order valence-corrected chi connectivity index (χ3v) is 20.1. The summed E-state index contributed by atoms with van der Waals surface area (Å²) in [6.45, 7) is 9.65. The summed E-state index contributed by atoms with van der Waals surface area (Å²) in [7, 11) is -9.91. The normalized spacial score (nSPS) is 14.0. The van der Waals surface area contributed by atoms with Crippen LogP contribution in [0.3, 0.4) is 0 Å². The minimum Gasteiger partial charge on any atom is -0.462 e. The molecule has 0 heterocycles. The predicted octanol–water partition coefficient (Wildman–Crippen LogP) is 23.1. The van der Waals surface area contributed by atoms with E-state index in [1.807, 2.05) is 0 Å². The van der Waals surface area contributed by atoms with Crippen LogP contribution in [0.2, 0.25) is 0 Å². The number of rotatable bonds is 77. The monoisotopic (exact) mass is 1420 g/mol. The number of aliphatic hydroxyl groups excluding tert-OH is 1. The Morgan fingerprint density at radius 2 is 0.474 bits per heavy atom. The second-order valence-corrected chi connectivity index (χ2v) is 32.0. The van der Waals surface area contributed by atoms with E-state index in [9.17, 15) is 43.2 Å². The van der Waals surface area contributed by atoms with Gasteiger partial charge in [-0.05, 0) is 37.5 Å². The van der Waals surface area contributed by atoms with Crippen LogP contribution in [-0.4, -0.2) is 96.7 Å². The van der Waals surface area contributed by atoms with Crippen LogP contribution < -0.4 is 0 Å². The molecular weight excluding hydrogens is 1270 g/mol. The fraction of sp³-hybridized carbons (Fsp3) is 0.949. The topological polar surface area (TPSA) is 237 Å². The average Bonchev–Trinajstić information content (AvgIpc) is 1.18. The van der Waals surface area contributed by atoms with E-state index in [0.717, 1.165) is 102 Å². The van der Waals surface area contributed by atoms with E-state index in [-0.39, 0.29) is 25.7 Å². The lowest BCUT2D eigenvalue weighted by atomic mass is 10.0. The summed E-state index contributed by atoms with van der Waals surface area (Å²) in [4.78, 5) is 72.9. The molecule has 3 N–H and O–H groups in total. The molecule has 576 valence electrons. The van der Waals surface area contributed by atoms with Gasteiger partial charge in [-0.15, -0.1) is 0 Å². The lowest BCUT2D eigenvalue weighted by Gasteiger charge is -2.21. The van der Waals surface area contributed by atoms with Crippen LogP contribution in [0.5, 0.6) is 0 Å². The number of esters is 4. The third-order valence-electron chi connectivity index (χ3n) is 18.2. The SMILES string of the molecule is CCCCCCCCCCCCCCCCCC(=O)O[C@H](COC(=O)CCCCCCCCCCC)COP(=O)(O)OC[C@H](O)COP(=O)(O)OC[C@@H](COC(=O)CCCCCCCCCCCCCCCC(C)C)OC(=O)CCCCCCCCCCCCCCCCC(C)C. The molecule has 0 aromatic rings. The number of hydrogen-bond acceptors (Lipinski definition) is 15. The Balaban J connectivity index is 5.23. The molecule has 0 aromatic carbocycles. The predicted molar refractivity (Wildman–Crippen MR) is 395 cm³/mol. The molecule has 0 amide bonds. The number of unbranched alkanes of at least 4 members (excludes halogenated alkanes) is 47. The van der Waals surface area contributed by atoms with Gasteiger partial charge in [-0.1, -0.05) is 356 Å². The van der Waals surface area contributed by atoms with E-state index in [4.69, 9.17) is 37.0 Å². The molecule has 2 unspecified atom stereocenters. The summed E-state index contributed by atoms with van der Waals surface area (Å²) in [6.07, 6.45) is 58.1. The van der Waals surface area contributed by atoms with Crippen LogP contribution in [0.1, 0.15) is 408 Å². The maximum absolute atomic E-state index is 13.1. The van der Waals surface area contributed by atoms with Gasteiger partial charge in [0.1, 0.15) is 19.3 Å². The highest BCUT2D eigenvalue weighted by Crippen LogP contribution is 2.45. The fourth-order valence-electron chi connectivity index (χ4n) is 12.0. The van der Waals surface area contributed by atoms with Crippen molar-refractivity contribution in [2.24, 2.45) is 11.8 Å². The number of phosphoric acid groups is 2. The van der Waals surface area contributed by atoms with Crippen molar-refractivity contribution in [3.8, 4) is 0 Å². The van der Waals surface area contributed by atoms with Gasteiger partial charge in [0.25, 0.3) is 0 Å². The summed E-state index contributed by atoms with van der Waals surface area (Å²) in [5.41, 5.74) is 0. The van der Waals surface area contributed by atoms with Crippen molar-refractivity contribution >= 4 is 39.5 Å². The molecule has 0 bridgehead atoms. The van der Waals surface area contributed by atoms with Gasteiger partial charge in [0, 0.05) is 25.7 Å². The molecule has 5 atom stereocenters. The van der Waals surface area contributed by atoms with Crippen LogP contribution in [0.4, 0.5) is 0 Å². The molecule has 0 spiro atoms. The van der Waals surface area contributed by atoms with Gasteiger partial charge < -0.3 is 33.8 Å². The summed E-state index contributed by atoms with van der Waals surface area (Å²) < 4.78 is 68.6. The number of carbonyl (C=O) groups is 4. The second-order valence-electron chi connectivity index (χ2n) is 29.1. The Labute approximate surface area is 594 Å². The first-order chi connectivity index (χ1) is 46.9. The maximum atomic E-state index is 13.1. The van der Waals surface area contributed by atoms with Crippen LogP contribution >= 0.6 is 15.6 Å². The highest BCUT2D eigenvalue weighted by molar-refractivity contribution is 7.47. The van der Waals surface area contributed by atoms with Gasteiger partial charge in [0.2, 0.25) is 0 Å². The number of hydrogen-bond donors (Lipinski definition) is 3. The Bertz CT molecular complexity index is 1870. The minimum atomic E-state index is -4.96. The molecule has 0 saturated carbocycles. The largest absolute Gasteiger partial charge is 0.472 e. The molecule has 17 nitrogen and oxygen atoms in total. The van der Waals surface area contributed by atoms with Gasteiger partial charge in [0.15, 0.2) is 12.2 Å². The zero-order valence-electron chi connectivity index (χ0n) is 63.4. The Kier molecular flexibility index (Phi) is 68.4. The van der Waals surface area contributed by atoms with Crippen molar-refractivity contribution in [2.45, 2.75) is 426 Å². The maximum Gasteiger partial charge on any atom is 0.472 e. The molecule has 0 aliphatic heterocycles. The van der Waals surface area contributed by atoms with E-state index in [0.29, 0.717) is 25.7 Å². The Morgan fingerprint density at radius 1 is 0.278 bits per heavy atom. The molecule has 0 fully saturated rings. The number of aliphatic hydroxyl groups is 1. The van der Waals surface area contributed by atoms with Crippen LogP contribution in [0, 0.1) is 11.8 Å². The van der Waals surface area contributed by atoms with Crippen molar-refractivity contribution in [1.29, 1.82) is 0 Å². The zero-order chi connectivity index (χ0) is 71.4. The van der Waals surface area contributed by atoms with Crippen LogP contribution in [0.25, 0.3) is 0 Å². The van der Waals surface area contributed by atoms with Gasteiger partial charge in [0.05, 0.1) is 26.4 Å². The van der Waals surface area contributed by atoms with Crippen molar-refractivity contribution in [1.82, 2.24) is 0 Å². The fourth-order valence-corrected chi connectivity index (χ4v) is 13.6. The van der Waals surface area contributed by atoms with Crippen molar-refractivity contribution in [3.63, 3.8) is 0 Å². The summed E-state index contributed by atoms with van der Waals surface area (Å²) in [5.74, 6) is -0.525. The van der Waals surface area contributed by atoms with E-state index in [1.165, 1.54) is 225 Å². The average molecular weight is 1420 g/mol. The molecule has 97 heavy (non-hydrogen) atoms. The van der Waals surface area contributed by atoms with Gasteiger partial charge in [-0.25, -0.2) is 9.13 Å². The Hall–Kier alpha value is -1.94. The first-order valence-corrected chi connectivity index (χ1v) is 43.5. The number of carbonyl (C=O) groups excluding carboxylic acids is 4. The lowest BCUT2D eigenvalue weighted by molar-refractivity contribution is -0.161. The van der Waals surface area contributed by atoms with Crippen LogP contribution in [0.15, 0.2) is 0 Å². The quantitative estimate of drug-likeness (QED) is 0.0222. The van der Waals surface area contributed by atoms with E-state index < -0.39 is 97.5 Å². The highest BCUT2D eigenvalue weighted by atomic mass is 31.2. The molecule has 0 aromatic heterocycles. The van der Waals surface area contributed by atoms with E-state index >= 15 is 0 Å². The standard InChI is InChI=1S/C78H152O17P2/c1-7-9-11-13-15-17-18-19-20-26-32-38-44-50-56-62-77(82)94-73(66-88-75(80)60-54-48-42-34-16-14-12-10-8-2)68-92-96(84,85)90-64-72(79)65-91-97(86,87)93-69-74(67-89-76(81)61-55-49-43-37-31-28-23-25-30-36-41-47-53-59-71(5)6)95-78(83)63-57-51-45-39-33-27-22-21-24-29-35-40-46-52-58-70(3)4/h70-74,79H,7-69H2,1-6H3,(H,84,85)(H,86,87)/t72-,73+,74+/m0/s1. The second kappa shape index (κ2) is 69.8. The lowest BCUT2D eigenvalue weighted by Crippen LogP contribution is -2.30. The zero-order valence-corrected chi connectivity index (χ0v) is 65.2. The molecular formula is C78H152O17P2. The van der Waals surface area contributed by atoms with Crippen molar-refractivity contribution < 1.29 is 80.2 Å². The van der Waals surface area contributed by atoms with Crippen molar-refractivity contribution in [3.05, 3.63) is 0 Å². The van der Waals surface area contributed by atoms with Crippen LogP contribution in [-0.2, 0) is 65.4 Å². The first-order valence-electron chi connectivity index (χ1n) is 40.5. The van der Waals surface area contributed by atoms with Gasteiger partial charge in [-0.3, -0.25) is 37.3 Å².